The Balaban J connectivity index is 2.12. The molecule has 0 saturated carbocycles. The molecular weight excluding hydrogens is 318 g/mol. The summed E-state index contributed by atoms with van der Waals surface area (Å²) >= 11 is 7.39. The third kappa shape index (κ3) is 3.69. The quantitative estimate of drug-likeness (QED) is 0.880. The lowest BCUT2D eigenvalue weighted by Gasteiger charge is -2.13. The van der Waals surface area contributed by atoms with Gasteiger partial charge in [0.25, 0.3) is 0 Å². The predicted octanol–water partition coefficient (Wildman–Crippen LogP) is 2.29. The molecule has 8 heteroatoms. The average molecular weight is 332 g/mol. The molecule has 0 fully saturated rings. The Kier molecular flexibility index (Phi) is 4.64. The van der Waals surface area contributed by atoms with E-state index in [0.717, 1.165) is 4.88 Å². The molecule has 2 aromatic rings. The Morgan fingerprint density at radius 3 is 2.90 bits per heavy atom. The van der Waals surface area contributed by atoms with Gasteiger partial charge >= 0.3 is 0 Å². The van der Waals surface area contributed by atoms with Gasteiger partial charge in [-0.25, -0.2) is 18.1 Å². The van der Waals surface area contributed by atoms with Crippen LogP contribution in [-0.2, 0) is 16.4 Å². The zero-order valence-corrected chi connectivity index (χ0v) is 13.1. The highest BCUT2D eigenvalue weighted by Crippen LogP contribution is 2.20. The van der Waals surface area contributed by atoms with Gasteiger partial charge < -0.3 is 5.73 Å². The summed E-state index contributed by atoms with van der Waals surface area (Å²) < 4.78 is 27.0. The first kappa shape index (κ1) is 15.2. The molecule has 2 aromatic heterocycles. The molecule has 108 valence electrons. The van der Waals surface area contributed by atoms with Gasteiger partial charge in [0.1, 0.15) is 10.7 Å². The smallest absolute Gasteiger partial charge is 0.242 e. The van der Waals surface area contributed by atoms with Gasteiger partial charge in [0.05, 0.1) is 5.02 Å². The van der Waals surface area contributed by atoms with Gasteiger partial charge in [0.2, 0.25) is 10.0 Å². The number of hydrogen-bond donors (Lipinski definition) is 2. The Hall–Kier alpha value is -1.15. The lowest BCUT2D eigenvalue weighted by Crippen LogP contribution is -2.34. The van der Waals surface area contributed by atoms with E-state index in [0.29, 0.717) is 6.42 Å². The van der Waals surface area contributed by atoms with Crippen LogP contribution in [0.25, 0.3) is 0 Å². The highest BCUT2D eigenvalue weighted by molar-refractivity contribution is 7.89. The van der Waals surface area contributed by atoms with Crippen molar-refractivity contribution in [1.82, 2.24) is 9.71 Å². The maximum atomic E-state index is 12.2. The fourth-order valence-corrected chi connectivity index (χ4v) is 3.96. The molecule has 0 radical (unpaired) electrons. The van der Waals surface area contributed by atoms with E-state index in [1.807, 2.05) is 24.4 Å². The van der Waals surface area contributed by atoms with Gasteiger partial charge in [0.15, 0.2) is 0 Å². The minimum Gasteiger partial charge on any atom is -0.382 e. The van der Waals surface area contributed by atoms with Gasteiger partial charge in [0, 0.05) is 17.1 Å². The first-order chi connectivity index (χ1) is 9.38. The van der Waals surface area contributed by atoms with E-state index in [4.69, 9.17) is 17.3 Å². The second-order valence-electron chi connectivity index (χ2n) is 4.34. The monoisotopic (exact) mass is 331 g/mol. The number of sulfonamides is 1. The lowest BCUT2D eigenvalue weighted by molar-refractivity contribution is 0.560. The summed E-state index contributed by atoms with van der Waals surface area (Å²) in [5.41, 5.74) is 5.47. The molecule has 1 unspecified atom stereocenters. The van der Waals surface area contributed by atoms with E-state index in [1.165, 1.54) is 12.3 Å². The summed E-state index contributed by atoms with van der Waals surface area (Å²) in [4.78, 5) is 4.88. The van der Waals surface area contributed by atoms with Crippen molar-refractivity contribution in [3.8, 4) is 0 Å². The highest BCUT2D eigenvalue weighted by Gasteiger charge is 2.19. The Labute approximate surface area is 126 Å². The molecule has 2 rings (SSSR count). The molecule has 20 heavy (non-hydrogen) atoms. The average Bonchev–Trinajstić information content (AvgIpc) is 2.84. The molecule has 0 spiro atoms. The van der Waals surface area contributed by atoms with Crippen molar-refractivity contribution in [2.45, 2.75) is 24.3 Å². The van der Waals surface area contributed by atoms with Crippen molar-refractivity contribution in [2.75, 3.05) is 5.73 Å². The van der Waals surface area contributed by atoms with Gasteiger partial charge in [-0.15, -0.1) is 11.3 Å². The van der Waals surface area contributed by atoms with E-state index in [9.17, 15) is 8.42 Å². The standard InChI is InChI=1S/C12H14ClN3O2S2/c1-8(5-9-3-2-4-19-9)16-20(17,18)10-6-11(13)12(14)15-7-10/h2-4,6-8,16H,5H2,1H3,(H2,14,15). The lowest BCUT2D eigenvalue weighted by atomic mass is 10.2. The van der Waals surface area contributed by atoms with Gasteiger partial charge in [-0.2, -0.15) is 0 Å². The summed E-state index contributed by atoms with van der Waals surface area (Å²) in [6.07, 6.45) is 1.83. The largest absolute Gasteiger partial charge is 0.382 e. The van der Waals surface area contributed by atoms with E-state index >= 15 is 0 Å². The van der Waals surface area contributed by atoms with Crippen LogP contribution in [0.4, 0.5) is 5.82 Å². The minimum absolute atomic E-state index is 0.00901. The number of nitrogens with one attached hydrogen (secondary N) is 1. The number of nitrogen functional groups attached to an aromatic ring is 1. The molecule has 0 aliphatic rings. The van der Waals surface area contributed by atoms with Crippen LogP contribution in [0.5, 0.6) is 0 Å². The number of anilines is 1. The third-order valence-electron chi connectivity index (χ3n) is 2.60. The second kappa shape index (κ2) is 6.09. The molecule has 1 atom stereocenters. The summed E-state index contributed by atoms with van der Waals surface area (Å²) in [7, 11) is -3.65. The number of thiophene rings is 1. The highest BCUT2D eigenvalue weighted by atomic mass is 35.5. The first-order valence-electron chi connectivity index (χ1n) is 5.84. The number of hydrogen-bond acceptors (Lipinski definition) is 5. The van der Waals surface area contributed by atoms with E-state index in [2.05, 4.69) is 9.71 Å². The number of halogens is 1. The van der Waals surface area contributed by atoms with Crippen molar-refractivity contribution >= 4 is 38.8 Å². The molecule has 0 aromatic carbocycles. The van der Waals surface area contributed by atoms with Crippen LogP contribution in [-0.4, -0.2) is 19.4 Å². The molecule has 0 saturated heterocycles. The molecule has 0 amide bonds. The number of aromatic nitrogens is 1. The zero-order valence-electron chi connectivity index (χ0n) is 10.7. The number of nitrogens with zero attached hydrogens (tertiary/aromatic N) is 1. The van der Waals surface area contributed by atoms with Crippen LogP contribution >= 0.6 is 22.9 Å². The van der Waals surface area contributed by atoms with Crippen LogP contribution < -0.4 is 10.5 Å². The molecule has 0 bridgehead atoms. The maximum Gasteiger partial charge on any atom is 0.242 e. The van der Waals surface area contributed by atoms with E-state index < -0.39 is 10.0 Å². The first-order valence-corrected chi connectivity index (χ1v) is 8.58. The van der Waals surface area contributed by atoms with Crippen LogP contribution in [0.3, 0.4) is 0 Å². The number of nitrogens with two attached hydrogens (primary N) is 1. The van der Waals surface area contributed by atoms with Crippen molar-refractivity contribution in [3.05, 3.63) is 39.7 Å². The normalized spacial score (nSPS) is 13.3. The zero-order chi connectivity index (χ0) is 14.8. The van der Waals surface area contributed by atoms with Crippen molar-refractivity contribution in [1.29, 1.82) is 0 Å². The maximum absolute atomic E-state index is 12.2. The Bertz CT molecular complexity index is 687. The molecule has 2 heterocycles. The molecule has 0 aliphatic heterocycles. The van der Waals surface area contributed by atoms with Crippen LogP contribution in [0, 0.1) is 0 Å². The molecule has 5 nitrogen and oxygen atoms in total. The molecule has 3 N–H and O–H groups in total. The summed E-state index contributed by atoms with van der Waals surface area (Å²) in [6.45, 7) is 1.81. The van der Waals surface area contributed by atoms with Crippen molar-refractivity contribution in [3.63, 3.8) is 0 Å². The van der Waals surface area contributed by atoms with Gasteiger partial charge in [-0.05, 0) is 30.9 Å². The van der Waals surface area contributed by atoms with Crippen LogP contribution in [0.15, 0.2) is 34.7 Å². The third-order valence-corrected chi connectivity index (χ3v) is 5.36. The number of pyridine rings is 1. The van der Waals surface area contributed by atoms with Gasteiger partial charge in [-0.1, -0.05) is 17.7 Å². The number of rotatable bonds is 5. The topological polar surface area (TPSA) is 85.1 Å². The molecule has 0 aliphatic carbocycles. The van der Waals surface area contributed by atoms with Crippen LogP contribution in [0.1, 0.15) is 11.8 Å². The fraction of sp³-hybridized carbons (Fsp3) is 0.250. The Morgan fingerprint density at radius 2 is 2.30 bits per heavy atom. The van der Waals surface area contributed by atoms with E-state index in [1.54, 1.807) is 11.3 Å². The summed E-state index contributed by atoms with van der Waals surface area (Å²) in [5.74, 6) is 0.109. The van der Waals surface area contributed by atoms with Gasteiger partial charge in [-0.3, -0.25) is 0 Å². The summed E-state index contributed by atoms with van der Waals surface area (Å²) in [6, 6.07) is 4.97. The Morgan fingerprint density at radius 1 is 1.55 bits per heavy atom. The van der Waals surface area contributed by atoms with Crippen LogP contribution in [0.2, 0.25) is 5.02 Å². The summed E-state index contributed by atoms with van der Waals surface area (Å²) in [5, 5.41) is 2.08. The molecular formula is C12H14ClN3O2S2. The fourth-order valence-electron chi connectivity index (χ4n) is 1.68. The second-order valence-corrected chi connectivity index (χ2v) is 7.50. The SMILES string of the molecule is CC(Cc1cccs1)NS(=O)(=O)c1cnc(N)c(Cl)c1. The van der Waals surface area contributed by atoms with Crippen molar-refractivity contribution < 1.29 is 8.42 Å². The van der Waals surface area contributed by atoms with E-state index in [-0.39, 0.29) is 21.8 Å². The minimum atomic E-state index is -3.65. The predicted molar refractivity (Wildman–Crippen MR) is 81.5 cm³/mol. The van der Waals surface area contributed by atoms with Crippen molar-refractivity contribution in [2.24, 2.45) is 0 Å².